The number of carbonyl (C=O) groups is 6. The van der Waals surface area contributed by atoms with Gasteiger partial charge in [-0.15, -0.1) is 11.8 Å². The number of thioether (sulfide) groups is 1. The lowest BCUT2D eigenvalue weighted by molar-refractivity contribution is -0.151. The largest absolute Gasteiger partial charge is 0.480 e. The van der Waals surface area contributed by atoms with Gasteiger partial charge in [0.25, 0.3) is 0 Å². The van der Waals surface area contributed by atoms with Gasteiger partial charge in [-0.3, -0.25) is 24.0 Å². The zero-order valence-electron chi connectivity index (χ0n) is 26.8. The van der Waals surface area contributed by atoms with Crippen LogP contribution in [0.2, 0.25) is 0 Å². The molecular formula is C31H51N5O8S. The van der Waals surface area contributed by atoms with Crippen molar-refractivity contribution < 1.29 is 39.0 Å². The van der Waals surface area contributed by atoms with Crippen LogP contribution in [0.4, 0.5) is 0 Å². The van der Waals surface area contributed by atoms with E-state index in [1.807, 2.05) is 13.8 Å². The van der Waals surface area contributed by atoms with Crippen LogP contribution in [0.1, 0.15) is 91.4 Å². The molecule has 0 aromatic rings. The summed E-state index contributed by atoms with van der Waals surface area (Å²) in [6, 6.07) is -1.77. The van der Waals surface area contributed by atoms with Crippen LogP contribution < -0.4 is 11.5 Å². The molecule has 0 radical (unpaired) electrons. The number of Topliss-reactive ketones (excluding diaryl/α,β-unsaturated/α-hetero) is 1. The summed E-state index contributed by atoms with van der Waals surface area (Å²) in [6.07, 6.45) is 9.60. The third-order valence-electron chi connectivity index (χ3n) is 9.47. The van der Waals surface area contributed by atoms with Crippen molar-refractivity contribution >= 4 is 47.2 Å². The van der Waals surface area contributed by atoms with E-state index < -0.39 is 30.1 Å². The zero-order valence-corrected chi connectivity index (χ0v) is 27.6. The number of aliphatic carboxylic acids is 2. The van der Waals surface area contributed by atoms with E-state index in [4.69, 9.17) is 16.6 Å². The first kappa shape index (κ1) is 36.8. The Morgan fingerprint density at radius 1 is 0.911 bits per heavy atom. The molecule has 5 rings (SSSR count). The van der Waals surface area contributed by atoms with Gasteiger partial charge in [0.2, 0.25) is 17.7 Å². The second-order valence-corrected chi connectivity index (χ2v) is 14.5. The number of nitrogens with zero attached hydrogens (tertiary/aromatic N) is 3. The van der Waals surface area contributed by atoms with Crippen LogP contribution in [0, 0.1) is 11.3 Å². The highest BCUT2D eigenvalue weighted by Gasteiger charge is 2.51. The fraction of sp³-hybridized carbons (Fsp3) is 0.806. The molecule has 1 saturated carbocycles. The molecule has 254 valence electrons. The summed E-state index contributed by atoms with van der Waals surface area (Å²) in [6.45, 7) is 6.46. The Hall–Kier alpha value is -2.71. The van der Waals surface area contributed by atoms with Crippen molar-refractivity contribution in [2.24, 2.45) is 22.8 Å². The third-order valence-corrected chi connectivity index (χ3v) is 10.8. The van der Waals surface area contributed by atoms with Crippen LogP contribution in [0.15, 0.2) is 0 Å². The lowest BCUT2D eigenvalue weighted by atomic mass is 9.84. The van der Waals surface area contributed by atoms with Crippen molar-refractivity contribution in [2.45, 2.75) is 121 Å². The maximum absolute atomic E-state index is 12.5. The van der Waals surface area contributed by atoms with Crippen molar-refractivity contribution in [3.63, 3.8) is 0 Å². The minimum absolute atomic E-state index is 0.0496. The predicted octanol–water partition coefficient (Wildman–Crippen LogP) is 1.66. The van der Waals surface area contributed by atoms with E-state index in [0.717, 1.165) is 63.5 Å². The van der Waals surface area contributed by atoms with Gasteiger partial charge in [-0.25, -0.2) is 4.79 Å². The van der Waals surface area contributed by atoms with E-state index in [1.54, 1.807) is 28.5 Å². The number of rotatable bonds is 7. The van der Waals surface area contributed by atoms with Gasteiger partial charge in [0.15, 0.2) is 5.78 Å². The van der Waals surface area contributed by atoms with Gasteiger partial charge < -0.3 is 36.4 Å². The number of hydrogen-bond donors (Lipinski definition) is 4. The molecular weight excluding hydrogens is 602 g/mol. The number of fused-ring (bicyclic) bond motifs is 1. The summed E-state index contributed by atoms with van der Waals surface area (Å²) in [5.74, 6) is -0.922. The molecule has 0 bridgehead atoms. The lowest BCUT2D eigenvalue weighted by Crippen LogP contribution is -2.55. The molecule has 14 heteroatoms. The van der Waals surface area contributed by atoms with Gasteiger partial charge in [-0.1, -0.05) is 26.7 Å². The van der Waals surface area contributed by atoms with Crippen LogP contribution in [-0.4, -0.2) is 115 Å². The number of piperidine rings is 1. The smallest absolute Gasteiger partial charge is 0.326 e. The Balaban J connectivity index is 0.000000187. The third kappa shape index (κ3) is 9.19. The van der Waals surface area contributed by atoms with E-state index in [1.165, 1.54) is 4.90 Å². The highest BCUT2D eigenvalue weighted by molar-refractivity contribution is 8.00. The Labute approximate surface area is 269 Å². The van der Waals surface area contributed by atoms with Crippen LogP contribution >= 0.6 is 11.8 Å². The number of carboxylic acid groups (broad SMARTS) is 2. The number of ketones is 1. The molecule has 3 amide bonds. The van der Waals surface area contributed by atoms with Gasteiger partial charge >= 0.3 is 11.9 Å². The van der Waals surface area contributed by atoms with Crippen molar-refractivity contribution in [3.05, 3.63) is 0 Å². The van der Waals surface area contributed by atoms with Crippen molar-refractivity contribution in [1.82, 2.24) is 14.7 Å². The second-order valence-electron chi connectivity index (χ2n) is 13.3. The average Bonchev–Trinajstić information content (AvgIpc) is 3.69. The first-order valence-electron chi connectivity index (χ1n) is 16.2. The van der Waals surface area contributed by atoms with Gasteiger partial charge in [0.05, 0.1) is 22.9 Å². The Bertz CT molecular complexity index is 1110. The number of likely N-dealkylation sites (tertiary alicyclic amines) is 2. The first-order chi connectivity index (χ1) is 21.2. The van der Waals surface area contributed by atoms with Gasteiger partial charge in [-0.05, 0) is 70.6 Å². The summed E-state index contributed by atoms with van der Waals surface area (Å²) in [5, 5.41) is 18.1. The second kappa shape index (κ2) is 16.2. The van der Waals surface area contributed by atoms with E-state index in [9.17, 15) is 33.9 Å². The maximum Gasteiger partial charge on any atom is 0.326 e. The minimum Gasteiger partial charge on any atom is -0.480 e. The topological polar surface area (TPSA) is 205 Å². The molecule has 4 saturated heterocycles. The number of carbonyl (C=O) groups excluding carboxylic acids is 4. The van der Waals surface area contributed by atoms with Crippen molar-refractivity contribution in [1.29, 1.82) is 0 Å². The molecule has 13 nitrogen and oxygen atoms in total. The maximum atomic E-state index is 12.5. The Morgan fingerprint density at radius 3 is 2.13 bits per heavy atom. The average molecular weight is 654 g/mol. The summed E-state index contributed by atoms with van der Waals surface area (Å²) in [7, 11) is 0. The lowest BCUT2D eigenvalue weighted by Gasteiger charge is -2.35. The molecule has 6 N–H and O–H groups in total. The number of carboxylic acids is 2. The van der Waals surface area contributed by atoms with Crippen LogP contribution in [-0.2, 0) is 28.8 Å². The van der Waals surface area contributed by atoms with Crippen LogP contribution in [0.25, 0.3) is 0 Å². The normalized spacial score (nSPS) is 28.2. The highest BCUT2D eigenvalue weighted by Crippen LogP contribution is 2.47. The zero-order chi connectivity index (χ0) is 33.5. The fourth-order valence-corrected chi connectivity index (χ4v) is 8.47. The molecule has 5 atom stereocenters. The minimum atomic E-state index is -0.984. The molecule has 5 fully saturated rings. The van der Waals surface area contributed by atoms with E-state index >= 15 is 0 Å². The van der Waals surface area contributed by atoms with Crippen molar-refractivity contribution in [3.8, 4) is 0 Å². The molecule has 2 unspecified atom stereocenters. The molecule has 4 aliphatic heterocycles. The van der Waals surface area contributed by atoms with E-state index in [2.05, 4.69) is 0 Å². The molecule has 4 heterocycles. The van der Waals surface area contributed by atoms with Gasteiger partial charge in [0.1, 0.15) is 18.6 Å². The molecule has 1 aliphatic carbocycles. The fourth-order valence-electron chi connectivity index (χ4n) is 6.96. The monoisotopic (exact) mass is 653 g/mol. The number of hydrogen-bond acceptors (Lipinski definition) is 9. The number of amides is 3. The standard InChI is InChI=1S/C14H23NO3.C9H14N2O2S.C8H14N2O3/c1-10(2)9-11(12(16)17)15-8-7-14(13(15)18)5-3-4-6-14;1-5(12)7-4-14-8-3-2-6(10)9(13)11(7)8;9-6-3-1-2-4-10(8(6)13)5-7(11)12/h10-11H,3-9H2,1-2H3,(H,16,17);6-8H,2-4,10H2,1H3;6H,1-5,9H2,(H,11,12)/t11-;6-,7-,8?;/m01./s1. The summed E-state index contributed by atoms with van der Waals surface area (Å²) in [5.41, 5.74) is 11.0. The predicted molar refractivity (Wildman–Crippen MR) is 169 cm³/mol. The SMILES string of the molecule is CC(=O)[C@H]1CSC2CC[C@@H](N)C(=O)N21.CC(C)C[C@@H](C(=O)O)N1CCC2(CCCC2)C1=O.NC1CCCCN(CC(=O)O)C1=O. The summed E-state index contributed by atoms with van der Waals surface area (Å²) < 4.78 is 0. The van der Waals surface area contributed by atoms with Gasteiger partial charge in [-0.2, -0.15) is 0 Å². The van der Waals surface area contributed by atoms with Gasteiger partial charge in [0, 0.05) is 18.8 Å². The number of nitrogens with two attached hydrogens (primary N) is 2. The summed E-state index contributed by atoms with van der Waals surface area (Å²) >= 11 is 1.70. The van der Waals surface area contributed by atoms with Crippen molar-refractivity contribution in [2.75, 3.05) is 25.4 Å². The Morgan fingerprint density at radius 2 is 1.56 bits per heavy atom. The quantitative estimate of drug-likeness (QED) is 0.311. The first-order valence-corrected chi connectivity index (χ1v) is 17.2. The van der Waals surface area contributed by atoms with E-state index in [-0.39, 0.29) is 46.9 Å². The van der Waals surface area contributed by atoms with Crippen LogP contribution in [0.5, 0.6) is 0 Å². The Kier molecular flexibility index (Phi) is 13.2. The molecule has 45 heavy (non-hydrogen) atoms. The van der Waals surface area contributed by atoms with E-state index in [0.29, 0.717) is 31.8 Å². The van der Waals surface area contributed by atoms with Crippen LogP contribution in [0.3, 0.4) is 0 Å². The summed E-state index contributed by atoms with van der Waals surface area (Å²) in [4.78, 5) is 73.4. The molecule has 0 aromatic heterocycles. The molecule has 1 spiro atoms. The highest BCUT2D eigenvalue weighted by atomic mass is 32.2. The molecule has 5 aliphatic rings. The molecule has 0 aromatic carbocycles.